The second-order valence-electron chi connectivity index (χ2n) is 7.63. The Hall–Kier alpha value is -2.64. The zero-order valence-electron chi connectivity index (χ0n) is 15.4. The molecule has 3 aromatic rings. The minimum atomic E-state index is -3.40. The van der Waals surface area contributed by atoms with Crippen LogP contribution >= 0.6 is 0 Å². The third-order valence-electron chi connectivity index (χ3n) is 5.84. The van der Waals surface area contributed by atoms with E-state index >= 15 is 0 Å². The molecule has 0 radical (unpaired) electrons. The van der Waals surface area contributed by atoms with Gasteiger partial charge in [-0.1, -0.05) is 18.2 Å². The van der Waals surface area contributed by atoms with Crippen molar-refractivity contribution >= 4 is 9.84 Å². The smallest absolute Gasteiger partial charge is 0.212 e. The standard InChI is InChI=1S/C22H18F2N2O2S/c23-17-5-1-14(2-6-17)11-26-12-19-18-9-15(16-4-8-22(24)25-10-16)3-7-20(18)29(27,28)21(19)13-26/h1-10,19,21H,11-13H2. The third kappa shape index (κ3) is 3.14. The van der Waals surface area contributed by atoms with Crippen LogP contribution in [0.1, 0.15) is 17.0 Å². The molecule has 2 aliphatic heterocycles. The zero-order chi connectivity index (χ0) is 20.2. The van der Waals surface area contributed by atoms with Crippen molar-refractivity contribution in [1.29, 1.82) is 0 Å². The monoisotopic (exact) mass is 412 g/mol. The summed E-state index contributed by atoms with van der Waals surface area (Å²) in [7, 11) is -3.40. The molecule has 2 aromatic carbocycles. The van der Waals surface area contributed by atoms with E-state index in [4.69, 9.17) is 0 Å². The summed E-state index contributed by atoms with van der Waals surface area (Å²) in [4.78, 5) is 6.19. The molecule has 0 aliphatic carbocycles. The fourth-order valence-electron chi connectivity index (χ4n) is 4.43. The van der Waals surface area contributed by atoms with Crippen molar-refractivity contribution in [3.63, 3.8) is 0 Å². The van der Waals surface area contributed by atoms with Gasteiger partial charge in [0.2, 0.25) is 5.95 Å². The first-order valence-corrected chi connectivity index (χ1v) is 10.9. The predicted molar refractivity (Wildman–Crippen MR) is 105 cm³/mol. The minimum Gasteiger partial charge on any atom is -0.297 e. The number of fused-ring (bicyclic) bond motifs is 3. The lowest BCUT2D eigenvalue weighted by molar-refractivity contribution is 0.325. The molecular formula is C22H18F2N2O2S. The molecule has 4 nitrogen and oxygen atoms in total. The van der Waals surface area contributed by atoms with Crippen molar-refractivity contribution in [3.8, 4) is 11.1 Å². The van der Waals surface area contributed by atoms with Gasteiger partial charge in [0.1, 0.15) is 5.82 Å². The molecule has 2 aliphatic rings. The molecule has 148 valence electrons. The lowest BCUT2D eigenvalue weighted by Gasteiger charge is -2.17. The lowest BCUT2D eigenvalue weighted by atomic mass is 9.95. The summed E-state index contributed by atoms with van der Waals surface area (Å²) in [5.74, 6) is -0.944. The average molecular weight is 412 g/mol. The Kier molecular flexibility index (Phi) is 4.26. The average Bonchev–Trinajstić information content (AvgIpc) is 3.22. The fourth-order valence-corrected chi connectivity index (χ4v) is 6.62. The first-order valence-electron chi connectivity index (χ1n) is 9.38. The summed E-state index contributed by atoms with van der Waals surface area (Å²) in [6.45, 7) is 1.66. The Bertz CT molecular complexity index is 1180. The number of hydrogen-bond acceptors (Lipinski definition) is 4. The summed E-state index contributed by atoms with van der Waals surface area (Å²) >= 11 is 0. The van der Waals surface area contributed by atoms with Crippen molar-refractivity contribution in [2.45, 2.75) is 22.6 Å². The summed E-state index contributed by atoms with van der Waals surface area (Å²) in [6, 6.07) is 14.5. The van der Waals surface area contributed by atoms with Gasteiger partial charge < -0.3 is 0 Å². The van der Waals surface area contributed by atoms with Crippen LogP contribution in [0.4, 0.5) is 8.78 Å². The lowest BCUT2D eigenvalue weighted by Crippen LogP contribution is -2.25. The van der Waals surface area contributed by atoms with Gasteiger partial charge in [0.05, 0.1) is 10.1 Å². The van der Waals surface area contributed by atoms with Gasteiger partial charge in [0.25, 0.3) is 0 Å². The van der Waals surface area contributed by atoms with E-state index < -0.39 is 21.0 Å². The maximum Gasteiger partial charge on any atom is 0.212 e. The maximum atomic E-state index is 13.1. The highest BCUT2D eigenvalue weighted by atomic mass is 32.2. The summed E-state index contributed by atoms with van der Waals surface area (Å²) in [5.41, 5.74) is 3.34. The second kappa shape index (κ2) is 6.71. The topological polar surface area (TPSA) is 50.3 Å². The molecule has 7 heteroatoms. The van der Waals surface area contributed by atoms with Crippen LogP contribution in [0, 0.1) is 11.8 Å². The first kappa shape index (κ1) is 18.4. The van der Waals surface area contributed by atoms with Crippen LogP contribution in [-0.4, -0.2) is 36.6 Å². The molecule has 1 saturated heterocycles. The quantitative estimate of drug-likeness (QED) is 0.615. The number of nitrogens with zero attached hydrogens (tertiary/aromatic N) is 2. The van der Waals surface area contributed by atoms with Crippen molar-refractivity contribution < 1.29 is 17.2 Å². The van der Waals surface area contributed by atoms with E-state index in [1.165, 1.54) is 24.4 Å². The van der Waals surface area contributed by atoms with Gasteiger partial charge in [-0.3, -0.25) is 4.90 Å². The van der Waals surface area contributed by atoms with E-state index in [0.29, 0.717) is 24.5 Å². The van der Waals surface area contributed by atoms with Crippen molar-refractivity contribution in [3.05, 3.63) is 83.7 Å². The number of halogens is 2. The summed E-state index contributed by atoms with van der Waals surface area (Å²) in [5, 5.41) is -0.473. The molecule has 0 spiro atoms. The van der Waals surface area contributed by atoms with Gasteiger partial charge in [-0.15, -0.1) is 0 Å². The van der Waals surface area contributed by atoms with Gasteiger partial charge in [-0.05, 0) is 53.1 Å². The third-order valence-corrected chi connectivity index (χ3v) is 8.10. The van der Waals surface area contributed by atoms with Crippen LogP contribution < -0.4 is 0 Å². The summed E-state index contributed by atoms with van der Waals surface area (Å²) < 4.78 is 52.4. The van der Waals surface area contributed by atoms with Crippen LogP contribution in [0.25, 0.3) is 11.1 Å². The Balaban J connectivity index is 1.46. The van der Waals surface area contributed by atoms with Crippen molar-refractivity contribution in [1.82, 2.24) is 9.88 Å². The van der Waals surface area contributed by atoms with Crippen molar-refractivity contribution in [2.75, 3.05) is 13.1 Å². The molecule has 3 heterocycles. The van der Waals surface area contributed by atoms with Crippen LogP contribution in [0.2, 0.25) is 0 Å². The van der Waals surface area contributed by atoms with E-state index in [1.807, 2.05) is 6.07 Å². The molecule has 1 aromatic heterocycles. The Labute approximate surface area is 167 Å². The highest BCUT2D eigenvalue weighted by molar-refractivity contribution is 7.92. The van der Waals surface area contributed by atoms with E-state index in [1.54, 1.807) is 30.3 Å². The van der Waals surface area contributed by atoms with Gasteiger partial charge in [-0.25, -0.2) is 17.8 Å². The molecule has 29 heavy (non-hydrogen) atoms. The molecule has 2 unspecified atom stereocenters. The van der Waals surface area contributed by atoms with E-state index in [2.05, 4.69) is 9.88 Å². The first-order chi connectivity index (χ1) is 13.9. The maximum absolute atomic E-state index is 13.1. The van der Waals surface area contributed by atoms with Gasteiger partial charge in [0.15, 0.2) is 9.84 Å². The number of benzene rings is 2. The normalized spacial score (nSPS) is 22.4. The number of rotatable bonds is 3. The number of aromatic nitrogens is 1. The van der Waals surface area contributed by atoms with Gasteiger partial charge in [-0.2, -0.15) is 4.39 Å². The van der Waals surface area contributed by atoms with E-state index in [0.717, 1.165) is 22.3 Å². The van der Waals surface area contributed by atoms with Gasteiger partial charge >= 0.3 is 0 Å². The van der Waals surface area contributed by atoms with Crippen LogP contribution in [0.5, 0.6) is 0 Å². The molecule has 5 rings (SSSR count). The molecular weight excluding hydrogens is 394 g/mol. The van der Waals surface area contributed by atoms with E-state index in [-0.39, 0.29) is 11.7 Å². The van der Waals surface area contributed by atoms with Crippen molar-refractivity contribution in [2.24, 2.45) is 0 Å². The number of hydrogen-bond donors (Lipinski definition) is 0. The van der Waals surface area contributed by atoms with Gasteiger partial charge in [0, 0.05) is 37.3 Å². The highest BCUT2D eigenvalue weighted by Gasteiger charge is 2.50. The van der Waals surface area contributed by atoms with Crippen LogP contribution in [-0.2, 0) is 16.4 Å². The minimum absolute atomic E-state index is 0.108. The summed E-state index contributed by atoms with van der Waals surface area (Å²) in [6.07, 6.45) is 1.45. The SMILES string of the molecule is O=S1(=O)c2ccc(-c3ccc(F)nc3)cc2C2CN(Cc3ccc(F)cc3)CC21. The molecule has 0 bridgehead atoms. The number of likely N-dealkylation sites (tertiary alicyclic amines) is 1. The number of sulfone groups is 1. The molecule has 0 N–H and O–H groups in total. The Morgan fingerprint density at radius 3 is 2.45 bits per heavy atom. The molecule has 1 fully saturated rings. The Morgan fingerprint density at radius 2 is 1.72 bits per heavy atom. The molecule has 2 atom stereocenters. The highest BCUT2D eigenvalue weighted by Crippen LogP contribution is 2.46. The Morgan fingerprint density at radius 1 is 0.966 bits per heavy atom. The zero-order valence-corrected chi connectivity index (χ0v) is 16.2. The van der Waals surface area contributed by atoms with Crippen LogP contribution in [0.15, 0.2) is 65.7 Å². The largest absolute Gasteiger partial charge is 0.297 e. The second-order valence-corrected chi connectivity index (χ2v) is 9.77. The number of pyridine rings is 1. The predicted octanol–water partition coefficient (Wildman–Crippen LogP) is 3.78. The molecule has 0 amide bonds. The van der Waals surface area contributed by atoms with E-state index in [9.17, 15) is 17.2 Å². The fraction of sp³-hybridized carbons (Fsp3) is 0.227. The van der Waals surface area contributed by atoms with Crippen LogP contribution in [0.3, 0.4) is 0 Å². The molecule has 0 saturated carbocycles.